The van der Waals surface area contributed by atoms with Crippen LogP contribution in [0.4, 0.5) is 5.69 Å². The van der Waals surface area contributed by atoms with Crippen LogP contribution in [0, 0.1) is 6.92 Å². The van der Waals surface area contributed by atoms with Gasteiger partial charge in [-0.2, -0.15) is 5.11 Å². The van der Waals surface area contributed by atoms with Crippen LogP contribution in [0.25, 0.3) is 11.5 Å². The minimum absolute atomic E-state index is 0.197. The van der Waals surface area contributed by atoms with E-state index in [2.05, 4.69) is 15.3 Å². The Balaban J connectivity index is 1.38. The molecule has 1 aromatic heterocycles. The van der Waals surface area contributed by atoms with Gasteiger partial charge in [-0.3, -0.25) is 14.6 Å². The molecule has 0 aliphatic carbocycles. The number of fused-ring (bicyclic) bond motifs is 1. The predicted molar refractivity (Wildman–Crippen MR) is 118 cm³/mol. The van der Waals surface area contributed by atoms with Crippen LogP contribution in [-0.4, -0.2) is 33.9 Å². The predicted octanol–water partition coefficient (Wildman–Crippen LogP) is 4.36. The van der Waals surface area contributed by atoms with Crippen molar-refractivity contribution in [2.24, 2.45) is 10.3 Å². The first-order valence-corrected chi connectivity index (χ1v) is 10.7. The van der Waals surface area contributed by atoms with Crippen LogP contribution in [0.3, 0.4) is 0 Å². The number of rotatable bonds is 5. The number of aryl methyl sites for hydroxylation is 2. The van der Waals surface area contributed by atoms with Gasteiger partial charge in [0.1, 0.15) is 11.5 Å². The number of hydrogen-bond acceptors (Lipinski definition) is 7. The van der Waals surface area contributed by atoms with Crippen LogP contribution >= 0.6 is 11.6 Å². The van der Waals surface area contributed by atoms with Crippen LogP contribution in [0.2, 0.25) is 5.02 Å². The van der Waals surface area contributed by atoms with E-state index in [1.54, 1.807) is 31.2 Å². The fraction of sp³-hybridized carbons (Fsp3) is 0.261. The maximum absolute atomic E-state index is 13.2. The van der Waals surface area contributed by atoms with Crippen molar-refractivity contribution in [3.63, 3.8) is 0 Å². The molecule has 3 heterocycles. The first kappa shape index (κ1) is 20.4. The number of aromatic nitrogens is 1. The summed E-state index contributed by atoms with van der Waals surface area (Å²) in [6.07, 6.45) is 0.879. The van der Waals surface area contributed by atoms with Crippen molar-refractivity contribution in [2.45, 2.75) is 38.9 Å². The zero-order chi connectivity index (χ0) is 22.4. The van der Waals surface area contributed by atoms with Gasteiger partial charge in [0.25, 0.3) is 11.8 Å². The lowest BCUT2D eigenvalue weighted by Gasteiger charge is -2.20. The van der Waals surface area contributed by atoms with Gasteiger partial charge in [0.05, 0.1) is 12.2 Å². The van der Waals surface area contributed by atoms with Crippen molar-refractivity contribution in [3.05, 3.63) is 70.6 Å². The lowest BCUT2D eigenvalue weighted by Crippen LogP contribution is -2.39. The van der Waals surface area contributed by atoms with E-state index in [0.717, 1.165) is 17.5 Å². The molecule has 2 aliphatic heterocycles. The quantitative estimate of drug-likeness (QED) is 0.540. The fourth-order valence-corrected chi connectivity index (χ4v) is 4.15. The smallest absolute Gasteiger partial charge is 0.263 e. The van der Waals surface area contributed by atoms with Crippen LogP contribution < -0.4 is 4.90 Å². The minimum atomic E-state index is -0.854. The second-order valence-electron chi connectivity index (χ2n) is 7.76. The Morgan fingerprint density at radius 3 is 2.59 bits per heavy atom. The maximum Gasteiger partial charge on any atom is 0.263 e. The number of anilines is 1. The summed E-state index contributed by atoms with van der Waals surface area (Å²) in [5.41, 5.74) is 3.04. The molecule has 162 valence electrons. The van der Waals surface area contributed by atoms with Crippen LogP contribution in [0.15, 0.2) is 63.3 Å². The van der Waals surface area contributed by atoms with Gasteiger partial charge in [-0.25, -0.2) is 9.88 Å². The van der Waals surface area contributed by atoms with Gasteiger partial charge in [-0.1, -0.05) is 41.9 Å². The fourth-order valence-electron chi connectivity index (χ4n) is 3.96. The summed E-state index contributed by atoms with van der Waals surface area (Å²) < 4.78 is 5.81. The third-order valence-electron chi connectivity index (χ3n) is 5.74. The maximum atomic E-state index is 13.2. The molecule has 8 nitrogen and oxygen atoms in total. The summed E-state index contributed by atoms with van der Waals surface area (Å²) in [7, 11) is 0. The van der Waals surface area contributed by atoms with Crippen molar-refractivity contribution in [1.82, 2.24) is 9.99 Å². The summed E-state index contributed by atoms with van der Waals surface area (Å²) >= 11 is 6.07. The molecule has 0 radical (unpaired) electrons. The standard InChI is InChI=1S/C23H20ClN5O3/c1-3-14-7-9-17(10-8-14)29-22(30)19-20(23(29)31)28(27-26-19)12-18-13(2)32-21(25-18)15-5-4-6-16(24)11-15/h4-11,19-20H,3,12H2,1-2H3/t19-,20+/m0/s1. The molecule has 32 heavy (non-hydrogen) atoms. The molecule has 1 saturated heterocycles. The van der Waals surface area contributed by atoms with E-state index in [4.69, 9.17) is 16.0 Å². The molecule has 0 spiro atoms. The number of imide groups is 1. The van der Waals surface area contributed by atoms with Crippen LogP contribution in [0.5, 0.6) is 0 Å². The molecular formula is C23H20ClN5O3. The van der Waals surface area contributed by atoms with Gasteiger partial charge < -0.3 is 4.42 Å². The van der Waals surface area contributed by atoms with E-state index in [0.29, 0.717) is 28.1 Å². The third kappa shape index (κ3) is 3.36. The molecule has 2 amide bonds. The lowest BCUT2D eigenvalue weighted by molar-refractivity contribution is -0.123. The summed E-state index contributed by atoms with van der Waals surface area (Å²) in [6.45, 7) is 4.04. The Bertz CT molecular complexity index is 1240. The number of amides is 2. The van der Waals surface area contributed by atoms with Crippen molar-refractivity contribution in [3.8, 4) is 11.5 Å². The van der Waals surface area contributed by atoms with E-state index >= 15 is 0 Å². The normalized spacial score (nSPS) is 19.8. The lowest BCUT2D eigenvalue weighted by atomic mass is 10.1. The Labute approximate surface area is 189 Å². The topological polar surface area (TPSA) is 91.4 Å². The molecule has 9 heteroatoms. The van der Waals surface area contributed by atoms with Gasteiger partial charge in [-0.15, -0.1) is 0 Å². The Hall–Kier alpha value is -3.52. The molecular weight excluding hydrogens is 430 g/mol. The molecule has 2 atom stereocenters. The molecule has 0 N–H and O–H groups in total. The number of carbonyl (C=O) groups is 2. The molecule has 2 aliphatic rings. The van der Waals surface area contributed by atoms with Crippen molar-refractivity contribution < 1.29 is 14.0 Å². The number of benzene rings is 2. The molecule has 2 aromatic carbocycles. The molecule has 0 unspecified atom stereocenters. The molecule has 0 saturated carbocycles. The van der Waals surface area contributed by atoms with Gasteiger partial charge in [0.15, 0.2) is 12.1 Å². The van der Waals surface area contributed by atoms with Gasteiger partial charge in [-0.05, 0) is 49.2 Å². The number of oxazole rings is 1. The van der Waals surface area contributed by atoms with Crippen molar-refractivity contribution in [1.29, 1.82) is 0 Å². The van der Waals surface area contributed by atoms with Gasteiger partial charge in [0.2, 0.25) is 5.89 Å². The highest BCUT2D eigenvalue weighted by Crippen LogP contribution is 2.34. The average molecular weight is 450 g/mol. The zero-order valence-electron chi connectivity index (χ0n) is 17.5. The van der Waals surface area contributed by atoms with Crippen LogP contribution in [0.1, 0.15) is 23.9 Å². The largest absolute Gasteiger partial charge is 0.441 e. The average Bonchev–Trinajstić information content (AvgIpc) is 3.44. The van der Waals surface area contributed by atoms with E-state index in [1.807, 2.05) is 31.2 Å². The number of nitrogens with zero attached hydrogens (tertiary/aromatic N) is 5. The highest BCUT2D eigenvalue weighted by atomic mass is 35.5. The highest BCUT2D eigenvalue weighted by Gasteiger charge is 2.54. The van der Waals surface area contributed by atoms with E-state index in [-0.39, 0.29) is 18.4 Å². The highest BCUT2D eigenvalue weighted by molar-refractivity contribution is 6.30. The van der Waals surface area contributed by atoms with Crippen molar-refractivity contribution in [2.75, 3.05) is 4.90 Å². The zero-order valence-corrected chi connectivity index (χ0v) is 18.3. The summed E-state index contributed by atoms with van der Waals surface area (Å²) in [6, 6.07) is 13.0. The number of carbonyl (C=O) groups excluding carboxylic acids is 2. The molecule has 1 fully saturated rings. The summed E-state index contributed by atoms with van der Waals surface area (Å²) in [5.74, 6) is 0.319. The molecule has 0 bridgehead atoms. The summed E-state index contributed by atoms with van der Waals surface area (Å²) in [5, 5.41) is 10.3. The minimum Gasteiger partial charge on any atom is -0.441 e. The van der Waals surface area contributed by atoms with E-state index < -0.39 is 12.1 Å². The van der Waals surface area contributed by atoms with Gasteiger partial charge in [0, 0.05) is 10.6 Å². The Morgan fingerprint density at radius 1 is 1.09 bits per heavy atom. The van der Waals surface area contributed by atoms with E-state index in [1.165, 1.54) is 9.91 Å². The second-order valence-corrected chi connectivity index (χ2v) is 8.19. The first-order valence-electron chi connectivity index (χ1n) is 10.3. The van der Waals surface area contributed by atoms with Crippen molar-refractivity contribution >= 4 is 29.1 Å². The van der Waals surface area contributed by atoms with Crippen LogP contribution in [-0.2, 0) is 22.6 Å². The SMILES string of the molecule is CCc1ccc(N2C(=O)[C@H]3N=NN(Cc4nc(-c5cccc(Cl)c5)oc4C)[C@H]3C2=O)cc1. The Kier molecular flexibility index (Phi) is 5.01. The molecule has 5 rings (SSSR count). The van der Waals surface area contributed by atoms with E-state index in [9.17, 15) is 9.59 Å². The Morgan fingerprint density at radius 2 is 1.88 bits per heavy atom. The first-order chi connectivity index (χ1) is 15.5. The number of hydrogen-bond donors (Lipinski definition) is 0. The molecule has 3 aromatic rings. The summed E-state index contributed by atoms with van der Waals surface area (Å²) in [4.78, 5) is 31.9. The monoisotopic (exact) mass is 449 g/mol. The number of halogens is 1. The second kappa shape index (κ2) is 7.87. The third-order valence-corrected chi connectivity index (χ3v) is 5.97. The van der Waals surface area contributed by atoms with Gasteiger partial charge >= 0.3 is 0 Å².